The Bertz CT molecular complexity index is 541. The molecule has 3 heteroatoms. The number of nitrogens with zero attached hydrogens (tertiary/aromatic N) is 2. The van der Waals surface area contributed by atoms with Crippen molar-refractivity contribution in [3.8, 4) is 0 Å². The van der Waals surface area contributed by atoms with Gasteiger partial charge in [-0.1, -0.05) is 12.1 Å². The van der Waals surface area contributed by atoms with Crippen LogP contribution in [0.3, 0.4) is 0 Å². The lowest BCUT2D eigenvalue weighted by molar-refractivity contribution is 0.132. The molecule has 0 aliphatic heterocycles. The average Bonchev–Trinajstić information content (AvgIpc) is 2.47. The maximum atomic E-state index is 10.5. The second kappa shape index (κ2) is 5.49. The highest BCUT2D eigenvalue weighted by molar-refractivity contribution is 5.27. The van der Waals surface area contributed by atoms with Gasteiger partial charge in [0.1, 0.15) is 0 Å². The number of pyridine rings is 2. The predicted molar refractivity (Wildman–Crippen MR) is 73.9 cm³/mol. The van der Waals surface area contributed by atoms with E-state index in [2.05, 4.69) is 16.0 Å². The molecular weight excluding hydrogens is 236 g/mol. The van der Waals surface area contributed by atoms with Gasteiger partial charge in [-0.05, 0) is 42.5 Å². The van der Waals surface area contributed by atoms with Gasteiger partial charge >= 0.3 is 0 Å². The van der Waals surface area contributed by atoms with Crippen LogP contribution in [0.4, 0.5) is 0 Å². The first-order valence-electron chi connectivity index (χ1n) is 6.85. The quantitative estimate of drug-likeness (QED) is 0.915. The number of hydrogen-bond donors (Lipinski definition) is 1. The Labute approximate surface area is 113 Å². The van der Waals surface area contributed by atoms with Crippen LogP contribution < -0.4 is 0 Å². The molecule has 2 aromatic heterocycles. The molecule has 2 heterocycles. The summed E-state index contributed by atoms with van der Waals surface area (Å²) in [4.78, 5) is 8.59. The van der Waals surface area contributed by atoms with Crippen molar-refractivity contribution in [2.24, 2.45) is 0 Å². The van der Waals surface area contributed by atoms with Crippen molar-refractivity contribution < 1.29 is 5.11 Å². The minimum absolute atomic E-state index is 0.158. The molecule has 1 N–H and O–H groups in total. The molecule has 2 unspecified atom stereocenters. The Kier molecular flexibility index (Phi) is 3.56. The number of hydrogen-bond acceptors (Lipinski definition) is 3. The fourth-order valence-corrected chi connectivity index (χ4v) is 2.92. The molecule has 0 saturated carbocycles. The highest BCUT2D eigenvalue weighted by atomic mass is 16.3. The predicted octanol–water partition coefficient (Wildman–Crippen LogP) is 2.50. The lowest BCUT2D eigenvalue weighted by Crippen LogP contribution is -2.26. The van der Waals surface area contributed by atoms with Crippen LogP contribution >= 0.6 is 0 Å². The molecule has 0 bridgehead atoms. The maximum absolute atomic E-state index is 10.5. The van der Waals surface area contributed by atoms with Crippen molar-refractivity contribution in [2.45, 2.75) is 37.7 Å². The van der Waals surface area contributed by atoms with Gasteiger partial charge in [-0.15, -0.1) is 0 Å². The standard InChI is InChI=1S/C16H18N2O/c19-15(10-12-4-2-8-17-11-12)14-7-1-5-13-6-3-9-18-16(13)14/h2-4,6,8-9,11,14-15,19H,1,5,7,10H2. The molecule has 0 spiro atoms. The van der Waals surface area contributed by atoms with Crippen LogP contribution in [0.1, 0.15) is 35.6 Å². The first kappa shape index (κ1) is 12.3. The normalized spacial score (nSPS) is 19.7. The van der Waals surface area contributed by atoms with Gasteiger partial charge in [-0.3, -0.25) is 9.97 Å². The van der Waals surface area contributed by atoms with E-state index < -0.39 is 0 Å². The Balaban J connectivity index is 1.80. The van der Waals surface area contributed by atoms with Crippen molar-refractivity contribution in [3.63, 3.8) is 0 Å². The van der Waals surface area contributed by atoms with Crippen molar-refractivity contribution >= 4 is 0 Å². The van der Waals surface area contributed by atoms with Gasteiger partial charge < -0.3 is 5.11 Å². The summed E-state index contributed by atoms with van der Waals surface area (Å²) in [5.41, 5.74) is 3.46. The number of aromatic nitrogens is 2. The molecular formula is C16H18N2O. The molecule has 98 valence electrons. The lowest BCUT2D eigenvalue weighted by atomic mass is 9.81. The largest absolute Gasteiger partial charge is 0.392 e. The third-order valence-electron chi connectivity index (χ3n) is 3.87. The third kappa shape index (κ3) is 2.66. The third-order valence-corrected chi connectivity index (χ3v) is 3.87. The van der Waals surface area contributed by atoms with Crippen molar-refractivity contribution in [3.05, 3.63) is 59.7 Å². The molecule has 0 radical (unpaired) electrons. The minimum Gasteiger partial charge on any atom is -0.392 e. The topological polar surface area (TPSA) is 46.0 Å². The van der Waals surface area contributed by atoms with E-state index in [0.717, 1.165) is 30.5 Å². The van der Waals surface area contributed by atoms with Gasteiger partial charge in [0.15, 0.2) is 0 Å². The van der Waals surface area contributed by atoms with Crippen molar-refractivity contribution in [2.75, 3.05) is 0 Å². The number of fused-ring (bicyclic) bond motifs is 1. The summed E-state index contributed by atoms with van der Waals surface area (Å²) in [6.45, 7) is 0. The maximum Gasteiger partial charge on any atom is 0.0664 e. The van der Waals surface area contributed by atoms with Crippen LogP contribution in [0.15, 0.2) is 42.9 Å². The molecule has 19 heavy (non-hydrogen) atoms. The molecule has 3 rings (SSSR count). The van der Waals surface area contributed by atoms with Crippen LogP contribution in [-0.4, -0.2) is 21.2 Å². The molecule has 2 atom stereocenters. The van der Waals surface area contributed by atoms with Gasteiger partial charge in [0.2, 0.25) is 0 Å². The van der Waals surface area contributed by atoms with Crippen LogP contribution in [-0.2, 0) is 12.8 Å². The van der Waals surface area contributed by atoms with E-state index >= 15 is 0 Å². The summed E-state index contributed by atoms with van der Waals surface area (Å²) in [6.07, 6.45) is 8.91. The average molecular weight is 254 g/mol. The van der Waals surface area contributed by atoms with Gasteiger partial charge in [-0.25, -0.2) is 0 Å². The molecule has 1 aliphatic carbocycles. The summed E-state index contributed by atoms with van der Waals surface area (Å²) in [5.74, 6) is 0.158. The second-order valence-electron chi connectivity index (χ2n) is 5.18. The number of aryl methyl sites for hydroxylation is 1. The Morgan fingerprint density at radius 2 is 2.16 bits per heavy atom. The van der Waals surface area contributed by atoms with E-state index in [4.69, 9.17) is 0 Å². The Morgan fingerprint density at radius 1 is 1.26 bits per heavy atom. The zero-order valence-corrected chi connectivity index (χ0v) is 10.9. The van der Waals surface area contributed by atoms with Gasteiger partial charge in [-0.2, -0.15) is 0 Å². The minimum atomic E-state index is -0.377. The first-order valence-corrected chi connectivity index (χ1v) is 6.85. The van der Waals surface area contributed by atoms with Gasteiger partial charge in [0.05, 0.1) is 6.10 Å². The summed E-state index contributed by atoms with van der Waals surface area (Å²) >= 11 is 0. The zero-order valence-electron chi connectivity index (χ0n) is 10.9. The summed E-state index contributed by atoms with van der Waals surface area (Å²) in [7, 11) is 0. The molecule has 0 amide bonds. The fraction of sp³-hybridized carbons (Fsp3) is 0.375. The van der Waals surface area contributed by atoms with E-state index in [1.807, 2.05) is 30.6 Å². The highest BCUT2D eigenvalue weighted by Gasteiger charge is 2.27. The summed E-state index contributed by atoms with van der Waals surface area (Å²) < 4.78 is 0. The Hall–Kier alpha value is -1.74. The molecule has 1 aliphatic rings. The summed E-state index contributed by atoms with van der Waals surface area (Å²) in [5, 5.41) is 10.5. The molecule has 2 aromatic rings. The van der Waals surface area contributed by atoms with E-state index in [-0.39, 0.29) is 12.0 Å². The van der Waals surface area contributed by atoms with Gasteiger partial charge in [0, 0.05) is 36.6 Å². The van der Waals surface area contributed by atoms with Gasteiger partial charge in [0.25, 0.3) is 0 Å². The molecule has 0 saturated heterocycles. The molecule has 0 aromatic carbocycles. The van der Waals surface area contributed by atoms with E-state index in [0.29, 0.717) is 6.42 Å². The number of aliphatic hydroxyl groups is 1. The van der Waals surface area contributed by atoms with Crippen LogP contribution in [0.2, 0.25) is 0 Å². The highest BCUT2D eigenvalue weighted by Crippen LogP contribution is 2.33. The van der Waals surface area contributed by atoms with Crippen molar-refractivity contribution in [1.29, 1.82) is 0 Å². The first-order chi connectivity index (χ1) is 9.34. The molecule has 3 nitrogen and oxygen atoms in total. The zero-order chi connectivity index (χ0) is 13.1. The van der Waals surface area contributed by atoms with Crippen molar-refractivity contribution in [1.82, 2.24) is 9.97 Å². The number of aliphatic hydroxyl groups excluding tert-OH is 1. The SMILES string of the molecule is OC(Cc1cccnc1)C1CCCc2cccnc21. The lowest BCUT2D eigenvalue weighted by Gasteiger charge is -2.28. The van der Waals surface area contributed by atoms with Crippen LogP contribution in [0.25, 0.3) is 0 Å². The molecule has 0 fully saturated rings. The summed E-state index contributed by atoms with van der Waals surface area (Å²) in [6, 6.07) is 8.04. The van der Waals surface area contributed by atoms with Crippen LogP contribution in [0, 0.1) is 0 Å². The Morgan fingerprint density at radius 3 is 3.00 bits per heavy atom. The van der Waals surface area contributed by atoms with Crippen LogP contribution in [0.5, 0.6) is 0 Å². The fourth-order valence-electron chi connectivity index (χ4n) is 2.92. The second-order valence-corrected chi connectivity index (χ2v) is 5.18. The van der Waals surface area contributed by atoms with E-state index in [1.165, 1.54) is 5.56 Å². The smallest absolute Gasteiger partial charge is 0.0664 e. The number of rotatable bonds is 3. The van der Waals surface area contributed by atoms with E-state index in [9.17, 15) is 5.11 Å². The monoisotopic (exact) mass is 254 g/mol. The van der Waals surface area contributed by atoms with E-state index in [1.54, 1.807) is 6.20 Å².